The monoisotopic (exact) mass is 369 g/mol. The summed E-state index contributed by atoms with van der Waals surface area (Å²) in [6.45, 7) is 4.44. The number of anilines is 1. The molecule has 2 aliphatic rings. The molecule has 27 heavy (non-hydrogen) atoms. The molecule has 2 saturated heterocycles. The Morgan fingerprint density at radius 2 is 2.11 bits per heavy atom. The lowest BCUT2D eigenvalue weighted by molar-refractivity contribution is -0.136. The summed E-state index contributed by atoms with van der Waals surface area (Å²) < 4.78 is 18.9. The van der Waals surface area contributed by atoms with Crippen LogP contribution in [-0.4, -0.2) is 49.1 Å². The number of aromatic nitrogens is 1. The van der Waals surface area contributed by atoms with Crippen LogP contribution in [0.1, 0.15) is 17.3 Å². The Bertz CT molecular complexity index is 844. The molecule has 3 atom stereocenters. The third-order valence-electron chi connectivity index (χ3n) is 5.69. The number of hydrogen-bond acceptors (Lipinski definition) is 4. The molecule has 2 aromatic rings. The highest BCUT2D eigenvalue weighted by Crippen LogP contribution is 2.46. The number of fused-ring (bicyclic) bond motifs is 1. The van der Waals surface area contributed by atoms with Gasteiger partial charge in [-0.2, -0.15) is 0 Å². The Labute approximate surface area is 158 Å². The molecule has 1 aromatic heterocycles. The smallest absolute Gasteiger partial charge is 0.249 e. The summed E-state index contributed by atoms with van der Waals surface area (Å²) in [5.41, 5.74) is 3.01. The zero-order valence-corrected chi connectivity index (χ0v) is 15.6. The minimum atomic E-state index is -0.269. The van der Waals surface area contributed by atoms with E-state index in [1.54, 1.807) is 12.1 Å². The van der Waals surface area contributed by atoms with Crippen molar-refractivity contribution >= 4 is 11.6 Å². The maximum absolute atomic E-state index is 13.9. The van der Waals surface area contributed by atoms with Crippen LogP contribution in [0.3, 0.4) is 0 Å². The topological polar surface area (TPSA) is 45.7 Å². The maximum atomic E-state index is 13.9. The predicted octanol–water partition coefficient (Wildman–Crippen LogP) is 2.81. The van der Waals surface area contributed by atoms with E-state index in [0.29, 0.717) is 12.5 Å². The van der Waals surface area contributed by atoms with Gasteiger partial charge in [-0.15, -0.1) is 0 Å². The van der Waals surface area contributed by atoms with Gasteiger partial charge in [0.2, 0.25) is 5.91 Å². The highest BCUT2D eigenvalue weighted by atomic mass is 19.1. The highest BCUT2D eigenvalue weighted by Gasteiger charge is 2.49. The van der Waals surface area contributed by atoms with E-state index in [4.69, 9.17) is 4.74 Å². The normalized spacial score (nSPS) is 24.3. The van der Waals surface area contributed by atoms with E-state index in [9.17, 15) is 9.18 Å². The Morgan fingerprint density at radius 3 is 2.85 bits per heavy atom. The van der Waals surface area contributed by atoms with Crippen molar-refractivity contribution in [3.8, 4) is 0 Å². The molecular formula is C21H24FN3O2. The van der Waals surface area contributed by atoms with Crippen molar-refractivity contribution in [2.24, 2.45) is 11.8 Å². The van der Waals surface area contributed by atoms with Crippen LogP contribution in [0.25, 0.3) is 0 Å². The standard InChI is InChI=1S/C21H24FN3O2/c1-14-8-18(6-7-23-14)24-10-16-11-25(20(26)13-27-2)21(19(16)12-24)15-4-3-5-17(22)9-15/h3-9,16,19,21H,10-13H2,1-2H3/t16-,19-,21+/m1/s1. The van der Waals surface area contributed by atoms with Crippen molar-refractivity contribution in [1.29, 1.82) is 0 Å². The molecule has 142 valence electrons. The number of methoxy groups -OCH3 is 1. The van der Waals surface area contributed by atoms with E-state index in [2.05, 4.69) is 16.0 Å². The van der Waals surface area contributed by atoms with Crippen LogP contribution in [0.4, 0.5) is 10.1 Å². The average Bonchev–Trinajstić information content (AvgIpc) is 3.19. The number of ether oxygens (including phenoxy) is 1. The molecular weight excluding hydrogens is 345 g/mol. The van der Waals surface area contributed by atoms with Gasteiger partial charge in [0.05, 0.1) is 6.04 Å². The fraction of sp³-hybridized carbons (Fsp3) is 0.429. The van der Waals surface area contributed by atoms with Gasteiger partial charge in [-0.05, 0) is 36.8 Å². The number of carbonyl (C=O) groups excluding carboxylic acids is 1. The lowest BCUT2D eigenvalue weighted by Gasteiger charge is -2.30. The van der Waals surface area contributed by atoms with Crippen molar-refractivity contribution in [3.05, 3.63) is 59.7 Å². The SMILES string of the molecule is COCC(=O)N1C[C@H]2CN(c3ccnc(C)c3)C[C@H]2[C@@H]1c1cccc(F)c1. The first kappa shape index (κ1) is 17.9. The Hall–Kier alpha value is -2.47. The van der Waals surface area contributed by atoms with Gasteiger partial charge in [-0.25, -0.2) is 4.39 Å². The van der Waals surface area contributed by atoms with E-state index in [-0.39, 0.29) is 30.3 Å². The van der Waals surface area contributed by atoms with Crippen LogP contribution in [0.15, 0.2) is 42.6 Å². The van der Waals surface area contributed by atoms with E-state index in [1.807, 2.05) is 30.2 Å². The first-order valence-electron chi connectivity index (χ1n) is 9.28. The number of carbonyl (C=O) groups is 1. The predicted molar refractivity (Wildman–Crippen MR) is 101 cm³/mol. The molecule has 0 N–H and O–H groups in total. The van der Waals surface area contributed by atoms with Crippen molar-refractivity contribution in [1.82, 2.24) is 9.88 Å². The lowest BCUT2D eigenvalue weighted by Crippen LogP contribution is -2.37. The van der Waals surface area contributed by atoms with Crippen LogP contribution < -0.4 is 4.90 Å². The number of likely N-dealkylation sites (tertiary alicyclic amines) is 1. The summed E-state index contributed by atoms with van der Waals surface area (Å²) in [6.07, 6.45) is 1.83. The number of halogens is 1. The second-order valence-electron chi connectivity index (χ2n) is 7.46. The zero-order chi connectivity index (χ0) is 19.0. The summed E-state index contributed by atoms with van der Waals surface area (Å²) in [5, 5.41) is 0. The first-order valence-corrected chi connectivity index (χ1v) is 9.28. The molecule has 1 amide bonds. The minimum absolute atomic E-state index is 0.0348. The summed E-state index contributed by atoms with van der Waals surface area (Å²) in [6, 6.07) is 10.6. The fourth-order valence-corrected chi connectivity index (χ4v) is 4.56. The van der Waals surface area contributed by atoms with Crippen molar-refractivity contribution in [3.63, 3.8) is 0 Å². The van der Waals surface area contributed by atoms with E-state index >= 15 is 0 Å². The maximum Gasteiger partial charge on any atom is 0.249 e. The van der Waals surface area contributed by atoms with Gasteiger partial charge >= 0.3 is 0 Å². The van der Waals surface area contributed by atoms with Crippen LogP contribution >= 0.6 is 0 Å². The summed E-state index contributed by atoms with van der Waals surface area (Å²) in [7, 11) is 1.53. The summed E-state index contributed by atoms with van der Waals surface area (Å²) >= 11 is 0. The zero-order valence-electron chi connectivity index (χ0n) is 15.6. The van der Waals surface area contributed by atoms with Crippen LogP contribution in [0, 0.1) is 24.6 Å². The molecule has 0 bridgehead atoms. The lowest BCUT2D eigenvalue weighted by atomic mass is 9.89. The number of rotatable bonds is 4. The molecule has 0 aliphatic carbocycles. The van der Waals surface area contributed by atoms with E-state index in [0.717, 1.165) is 30.0 Å². The van der Waals surface area contributed by atoms with Gasteiger partial charge in [0.15, 0.2) is 0 Å². The molecule has 0 saturated carbocycles. The van der Waals surface area contributed by atoms with Gasteiger partial charge < -0.3 is 14.5 Å². The minimum Gasteiger partial charge on any atom is -0.375 e. The summed E-state index contributed by atoms with van der Waals surface area (Å²) in [4.78, 5) is 21.1. The third kappa shape index (κ3) is 3.41. The number of nitrogens with zero attached hydrogens (tertiary/aromatic N) is 3. The largest absolute Gasteiger partial charge is 0.375 e. The molecule has 0 unspecified atom stereocenters. The van der Waals surface area contributed by atoms with Crippen LogP contribution in [0.2, 0.25) is 0 Å². The van der Waals surface area contributed by atoms with Crippen molar-refractivity contribution in [2.75, 3.05) is 38.3 Å². The molecule has 5 nitrogen and oxygen atoms in total. The molecule has 2 fully saturated rings. The Balaban J connectivity index is 1.63. The van der Waals surface area contributed by atoms with Gasteiger partial charge in [-0.1, -0.05) is 12.1 Å². The second kappa shape index (κ2) is 7.27. The van der Waals surface area contributed by atoms with E-state index in [1.165, 1.54) is 13.2 Å². The molecule has 0 radical (unpaired) electrons. The average molecular weight is 369 g/mol. The van der Waals surface area contributed by atoms with Crippen LogP contribution in [-0.2, 0) is 9.53 Å². The summed E-state index contributed by atoms with van der Waals surface area (Å²) in [5.74, 6) is 0.316. The fourth-order valence-electron chi connectivity index (χ4n) is 4.56. The molecule has 0 spiro atoms. The van der Waals surface area contributed by atoms with Gasteiger partial charge in [0, 0.05) is 56.2 Å². The molecule has 2 aliphatic heterocycles. The second-order valence-corrected chi connectivity index (χ2v) is 7.46. The quantitative estimate of drug-likeness (QED) is 0.831. The van der Waals surface area contributed by atoms with Gasteiger partial charge in [0.1, 0.15) is 12.4 Å². The van der Waals surface area contributed by atoms with Crippen molar-refractivity contribution in [2.45, 2.75) is 13.0 Å². The van der Waals surface area contributed by atoms with Gasteiger partial charge in [-0.3, -0.25) is 9.78 Å². The van der Waals surface area contributed by atoms with E-state index < -0.39 is 0 Å². The Kier molecular flexibility index (Phi) is 4.83. The number of pyridine rings is 1. The number of amides is 1. The van der Waals surface area contributed by atoms with Gasteiger partial charge in [0.25, 0.3) is 0 Å². The number of benzene rings is 1. The highest BCUT2D eigenvalue weighted by molar-refractivity contribution is 5.78. The first-order chi connectivity index (χ1) is 13.1. The van der Waals surface area contributed by atoms with Crippen molar-refractivity contribution < 1.29 is 13.9 Å². The molecule has 3 heterocycles. The molecule has 4 rings (SSSR count). The molecule has 1 aromatic carbocycles. The molecule has 6 heteroatoms. The third-order valence-corrected chi connectivity index (χ3v) is 5.69. The number of hydrogen-bond donors (Lipinski definition) is 0. The van der Waals surface area contributed by atoms with Crippen LogP contribution in [0.5, 0.6) is 0 Å². The number of aryl methyl sites for hydroxylation is 1. The Morgan fingerprint density at radius 1 is 1.26 bits per heavy atom.